The summed E-state index contributed by atoms with van der Waals surface area (Å²) in [5.74, 6) is -0.0342. The van der Waals surface area contributed by atoms with Crippen molar-refractivity contribution in [2.75, 3.05) is 6.54 Å². The van der Waals surface area contributed by atoms with Crippen LogP contribution in [0, 0.1) is 0 Å². The minimum atomic E-state index is -0.0342. The van der Waals surface area contributed by atoms with E-state index in [1.165, 1.54) is 0 Å². The molecule has 3 nitrogen and oxygen atoms in total. The molecular formula is C8H15BrN2O. The molecule has 0 aromatic rings. The molecule has 12 heavy (non-hydrogen) atoms. The summed E-state index contributed by atoms with van der Waals surface area (Å²) >= 11 is 3.56. The van der Waals surface area contributed by atoms with Crippen molar-refractivity contribution in [3.05, 3.63) is 0 Å². The number of halogens is 1. The number of hydrogen-bond donors (Lipinski definition) is 2. The van der Waals surface area contributed by atoms with E-state index < -0.39 is 0 Å². The highest BCUT2D eigenvalue weighted by Crippen LogP contribution is 2.23. The number of amides is 1. The molecular weight excluding hydrogens is 220 g/mol. The first-order chi connectivity index (χ1) is 5.72. The Morgan fingerprint density at radius 1 is 1.42 bits per heavy atom. The monoisotopic (exact) mass is 234 g/mol. The summed E-state index contributed by atoms with van der Waals surface area (Å²) in [6.07, 6.45) is 4.44. The molecule has 1 fully saturated rings. The Balaban J connectivity index is 2.21. The fourth-order valence-electron chi connectivity index (χ4n) is 1.48. The van der Waals surface area contributed by atoms with Gasteiger partial charge in [-0.2, -0.15) is 0 Å². The Morgan fingerprint density at radius 3 is 2.50 bits per heavy atom. The van der Waals surface area contributed by atoms with Crippen LogP contribution < -0.4 is 11.1 Å². The first-order valence-electron chi connectivity index (χ1n) is 4.36. The molecule has 0 radical (unpaired) electrons. The number of carbonyl (C=O) groups excluding carboxylic acids is 1. The SMILES string of the molecule is NCC(=O)NC1CCC(Br)CC1. The third kappa shape index (κ3) is 3.11. The Labute approximate surface area is 81.2 Å². The van der Waals surface area contributed by atoms with Gasteiger partial charge in [0.05, 0.1) is 6.54 Å². The number of nitrogens with two attached hydrogens (primary N) is 1. The molecule has 0 unspecified atom stereocenters. The predicted molar refractivity (Wildman–Crippen MR) is 52.2 cm³/mol. The molecule has 4 heteroatoms. The third-order valence-electron chi connectivity index (χ3n) is 2.21. The number of hydrogen-bond acceptors (Lipinski definition) is 2. The summed E-state index contributed by atoms with van der Waals surface area (Å²) in [7, 11) is 0. The van der Waals surface area contributed by atoms with Gasteiger partial charge in [-0.3, -0.25) is 4.79 Å². The highest BCUT2D eigenvalue weighted by Gasteiger charge is 2.19. The van der Waals surface area contributed by atoms with E-state index in [-0.39, 0.29) is 12.5 Å². The molecule has 0 heterocycles. The molecule has 1 aliphatic rings. The van der Waals surface area contributed by atoms with Gasteiger partial charge in [-0.15, -0.1) is 0 Å². The van der Waals surface area contributed by atoms with E-state index in [1.807, 2.05) is 0 Å². The van der Waals surface area contributed by atoms with Crippen molar-refractivity contribution >= 4 is 21.8 Å². The summed E-state index contributed by atoms with van der Waals surface area (Å²) in [4.78, 5) is 11.6. The number of rotatable bonds is 2. The maximum Gasteiger partial charge on any atom is 0.233 e. The molecule has 1 saturated carbocycles. The van der Waals surface area contributed by atoms with Crippen molar-refractivity contribution in [3.8, 4) is 0 Å². The van der Waals surface area contributed by atoms with Crippen LogP contribution in [0.5, 0.6) is 0 Å². The summed E-state index contributed by atoms with van der Waals surface area (Å²) < 4.78 is 0. The molecule has 0 aromatic heterocycles. The maximum absolute atomic E-state index is 10.9. The van der Waals surface area contributed by atoms with Crippen LogP contribution in [0.1, 0.15) is 25.7 Å². The topological polar surface area (TPSA) is 55.1 Å². The van der Waals surface area contributed by atoms with Crippen LogP contribution in [0.4, 0.5) is 0 Å². The first-order valence-corrected chi connectivity index (χ1v) is 5.27. The second kappa shape index (κ2) is 4.82. The zero-order chi connectivity index (χ0) is 8.97. The predicted octanol–water partition coefficient (Wildman–Crippen LogP) is 0.767. The lowest BCUT2D eigenvalue weighted by Gasteiger charge is -2.25. The Bertz CT molecular complexity index is 155. The second-order valence-electron chi connectivity index (χ2n) is 3.22. The van der Waals surface area contributed by atoms with Gasteiger partial charge >= 0.3 is 0 Å². The first kappa shape index (κ1) is 9.99. The molecule has 70 valence electrons. The van der Waals surface area contributed by atoms with Crippen LogP contribution in [0.3, 0.4) is 0 Å². The lowest BCUT2D eigenvalue weighted by Crippen LogP contribution is -2.40. The highest BCUT2D eigenvalue weighted by molar-refractivity contribution is 9.09. The average molecular weight is 235 g/mol. The fourth-order valence-corrected chi connectivity index (χ4v) is 2.01. The average Bonchev–Trinajstić information content (AvgIpc) is 2.09. The van der Waals surface area contributed by atoms with Gasteiger partial charge in [-0.05, 0) is 25.7 Å². The standard InChI is InChI=1S/C8H15BrN2O/c9-6-1-3-7(4-2-6)11-8(12)5-10/h6-7H,1-5,10H2,(H,11,12). The van der Waals surface area contributed by atoms with Crippen molar-refractivity contribution < 1.29 is 4.79 Å². The lowest BCUT2D eigenvalue weighted by atomic mass is 9.95. The molecule has 0 bridgehead atoms. The summed E-state index contributed by atoms with van der Waals surface area (Å²) in [6, 6.07) is 0.356. The smallest absolute Gasteiger partial charge is 0.233 e. The van der Waals surface area contributed by atoms with Gasteiger partial charge in [0.2, 0.25) is 5.91 Å². The van der Waals surface area contributed by atoms with E-state index in [0.717, 1.165) is 25.7 Å². The summed E-state index contributed by atoms with van der Waals surface area (Å²) in [5, 5.41) is 2.90. The van der Waals surface area contributed by atoms with Gasteiger partial charge in [-0.25, -0.2) is 0 Å². The summed E-state index contributed by atoms with van der Waals surface area (Å²) in [5.41, 5.74) is 5.20. The molecule has 1 amide bonds. The highest BCUT2D eigenvalue weighted by atomic mass is 79.9. The Hall–Kier alpha value is -0.0900. The van der Waals surface area contributed by atoms with Crippen LogP contribution in [0.2, 0.25) is 0 Å². The van der Waals surface area contributed by atoms with Crippen molar-refractivity contribution in [1.29, 1.82) is 0 Å². The van der Waals surface area contributed by atoms with Gasteiger partial charge < -0.3 is 11.1 Å². The molecule has 0 aromatic carbocycles. The molecule has 0 aliphatic heterocycles. The van der Waals surface area contributed by atoms with E-state index in [2.05, 4.69) is 21.2 Å². The van der Waals surface area contributed by atoms with Gasteiger partial charge in [0.15, 0.2) is 0 Å². The van der Waals surface area contributed by atoms with Crippen LogP contribution >= 0.6 is 15.9 Å². The van der Waals surface area contributed by atoms with Crippen LogP contribution in [-0.2, 0) is 4.79 Å². The van der Waals surface area contributed by atoms with Crippen LogP contribution in [0.15, 0.2) is 0 Å². The van der Waals surface area contributed by atoms with Gasteiger partial charge in [-0.1, -0.05) is 15.9 Å². The van der Waals surface area contributed by atoms with E-state index in [0.29, 0.717) is 10.9 Å². The normalized spacial score (nSPS) is 29.8. The van der Waals surface area contributed by atoms with E-state index in [9.17, 15) is 4.79 Å². The minimum Gasteiger partial charge on any atom is -0.352 e. The molecule has 0 atom stereocenters. The van der Waals surface area contributed by atoms with Crippen molar-refractivity contribution in [1.82, 2.24) is 5.32 Å². The minimum absolute atomic E-state index is 0.0342. The number of alkyl halides is 1. The van der Waals surface area contributed by atoms with Crippen molar-refractivity contribution in [2.45, 2.75) is 36.6 Å². The molecule has 1 rings (SSSR count). The molecule has 0 saturated heterocycles. The summed E-state index contributed by atoms with van der Waals surface area (Å²) in [6.45, 7) is 0.105. The lowest BCUT2D eigenvalue weighted by molar-refractivity contribution is -0.120. The number of carbonyl (C=O) groups is 1. The largest absolute Gasteiger partial charge is 0.352 e. The van der Waals surface area contributed by atoms with Crippen molar-refractivity contribution in [2.24, 2.45) is 5.73 Å². The zero-order valence-corrected chi connectivity index (χ0v) is 8.64. The molecule has 1 aliphatic carbocycles. The fraction of sp³-hybridized carbons (Fsp3) is 0.875. The van der Waals surface area contributed by atoms with Gasteiger partial charge in [0.1, 0.15) is 0 Å². The quantitative estimate of drug-likeness (QED) is 0.694. The van der Waals surface area contributed by atoms with E-state index in [4.69, 9.17) is 5.73 Å². The second-order valence-corrected chi connectivity index (χ2v) is 4.52. The third-order valence-corrected chi connectivity index (χ3v) is 3.12. The molecule has 0 spiro atoms. The Morgan fingerprint density at radius 2 is 2.00 bits per heavy atom. The van der Waals surface area contributed by atoms with E-state index in [1.54, 1.807) is 0 Å². The van der Waals surface area contributed by atoms with Gasteiger partial charge in [0.25, 0.3) is 0 Å². The Kier molecular flexibility index (Phi) is 4.01. The van der Waals surface area contributed by atoms with Crippen LogP contribution in [0.25, 0.3) is 0 Å². The van der Waals surface area contributed by atoms with Crippen molar-refractivity contribution in [3.63, 3.8) is 0 Å². The number of nitrogens with one attached hydrogen (secondary N) is 1. The zero-order valence-electron chi connectivity index (χ0n) is 7.05. The maximum atomic E-state index is 10.9. The molecule has 3 N–H and O–H groups in total. The van der Waals surface area contributed by atoms with Crippen LogP contribution in [-0.4, -0.2) is 23.3 Å². The van der Waals surface area contributed by atoms with Gasteiger partial charge in [0, 0.05) is 10.9 Å². The van der Waals surface area contributed by atoms with E-state index >= 15 is 0 Å².